The van der Waals surface area contributed by atoms with Gasteiger partial charge in [0.05, 0.1) is 0 Å². The number of nitrogens with one attached hydrogen (secondary N) is 1. The zero-order valence-electron chi connectivity index (χ0n) is 11.6. The topological polar surface area (TPSA) is 72.8 Å². The van der Waals surface area contributed by atoms with Gasteiger partial charge in [0, 0.05) is 12.6 Å². The number of aliphatic hydroxyl groups is 2. The van der Waals surface area contributed by atoms with E-state index in [2.05, 4.69) is 5.32 Å². The van der Waals surface area contributed by atoms with Gasteiger partial charge < -0.3 is 20.4 Å². The van der Waals surface area contributed by atoms with Gasteiger partial charge >= 0.3 is 6.18 Å². The second-order valence-corrected chi connectivity index (χ2v) is 5.92. The third kappa shape index (κ3) is 4.82. The molecule has 122 valence electrons. The highest BCUT2D eigenvalue weighted by molar-refractivity contribution is 5.81. The largest absolute Gasteiger partial charge is 0.415 e. The molecule has 0 radical (unpaired) electrons. The molecule has 1 heterocycles. The van der Waals surface area contributed by atoms with Crippen molar-refractivity contribution in [2.24, 2.45) is 5.92 Å². The Bertz CT molecular complexity index is 366. The van der Waals surface area contributed by atoms with Crippen molar-refractivity contribution in [2.45, 2.75) is 50.1 Å². The van der Waals surface area contributed by atoms with Gasteiger partial charge in [0.15, 0.2) is 6.10 Å². The maximum atomic E-state index is 12.3. The first-order valence-electron chi connectivity index (χ1n) is 7.23. The van der Waals surface area contributed by atoms with E-state index in [-0.39, 0.29) is 17.9 Å². The number of carbonyl (C=O) groups excluding carboxylic acids is 1. The van der Waals surface area contributed by atoms with Crippen molar-refractivity contribution in [3.63, 3.8) is 0 Å². The number of amides is 1. The Hall–Kier alpha value is -0.860. The van der Waals surface area contributed by atoms with Crippen molar-refractivity contribution in [1.82, 2.24) is 10.2 Å². The Morgan fingerprint density at radius 2 is 1.76 bits per heavy atom. The first kappa shape index (κ1) is 16.5. The number of hydrogen-bond donors (Lipinski definition) is 3. The van der Waals surface area contributed by atoms with E-state index in [1.54, 1.807) is 0 Å². The van der Waals surface area contributed by atoms with Gasteiger partial charge in [-0.15, -0.1) is 0 Å². The molecule has 2 atom stereocenters. The molecule has 1 aliphatic carbocycles. The van der Waals surface area contributed by atoms with Gasteiger partial charge in [-0.1, -0.05) is 0 Å². The highest BCUT2D eigenvalue weighted by Gasteiger charge is 2.40. The first-order valence-corrected chi connectivity index (χ1v) is 7.23. The third-order valence-corrected chi connectivity index (χ3v) is 4.08. The van der Waals surface area contributed by atoms with Crippen LogP contribution in [0.4, 0.5) is 13.2 Å². The maximum absolute atomic E-state index is 12.3. The van der Waals surface area contributed by atoms with Gasteiger partial charge in [-0.05, 0) is 44.7 Å². The standard InChI is InChI=1S/C13H21F3N2O3/c14-13(15,16)10(19)7-18-5-3-8(4-6-18)11(20)12(21)17-9-1-2-9/h8-11,19-20H,1-7H2,(H,17,21)/t10-,11+/m0/s1. The van der Waals surface area contributed by atoms with E-state index in [1.165, 1.54) is 4.90 Å². The van der Waals surface area contributed by atoms with Crippen LogP contribution in [-0.2, 0) is 4.79 Å². The van der Waals surface area contributed by atoms with Gasteiger partial charge in [-0.2, -0.15) is 13.2 Å². The van der Waals surface area contributed by atoms with Crippen molar-refractivity contribution < 1.29 is 28.2 Å². The van der Waals surface area contributed by atoms with E-state index in [0.717, 1.165) is 12.8 Å². The Morgan fingerprint density at radius 3 is 2.24 bits per heavy atom. The van der Waals surface area contributed by atoms with Gasteiger partial charge in [-0.25, -0.2) is 0 Å². The molecule has 2 fully saturated rings. The molecule has 1 aliphatic heterocycles. The molecule has 0 aromatic carbocycles. The smallest absolute Gasteiger partial charge is 0.383 e. The molecule has 0 spiro atoms. The second-order valence-electron chi connectivity index (χ2n) is 5.92. The summed E-state index contributed by atoms with van der Waals surface area (Å²) in [7, 11) is 0. The number of aliphatic hydroxyl groups excluding tert-OH is 2. The lowest BCUT2D eigenvalue weighted by Crippen LogP contribution is -2.48. The fourth-order valence-electron chi connectivity index (χ4n) is 2.53. The van der Waals surface area contributed by atoms with Gasteiger partial charge in [0.2, 0.25) is 5.91 Å². The molecule has 0 aromatic heterocycles. The van der Waals surface area contributed by atoms with Gasteiger partial charge in [0.1, 0.15) is 6.10 Å². The van der Waals surface area contributed by atoms with Crippen LogP contribution in [0.25, 0.3) is 0 Å². The molecule has 0 bridgehead atoms. The van der Waals surface area contributed by atoms with Gasteiger partial charge in [0.25, 0.3) is 0 Å². The van der Waals surface area contributed by atoms with Crippen LogP contribution in [0, 0.1) is 5.92 Å². The number of carbonyl (C=O) groups is 1. The molecule has 1 saturated carbocycles. The van der Waals surface area contributed by atoms with E-state index in [9.17, 15) is 23.1 Å². The number of alkyl halides is 3. The van der Waals surface area contributed by atoms with Crippen LogP contribution in [-0.4, -0.2) is 65.1 Å². The van der Waals surface area contributed by atoms with Crippen molar-refractivity contribution >= 4 is 5.91 Å². The third-order valence-electron chi connectivity index (χ3n) is 4.08. The summed E-state index contributed by atoms with van der Waals surface area (Å²) in [5, 5.41) is 21.7. The summed E-state index contributed by atoms with van der Waals surface area (Å²) in [4.78, 5) is 13.2. The van der Waals surface area contributed by atoms with Crippen molar-refractivity contribution in [2.75, 3.05) is 19.6 Å². The summed E-state index contributed by atoms with van der Waals surface area (Å²) in [6.45, 7) is 0.220. The first-order chi connectivity index (χ1) is 9.77. The highest BCUT2D eigenvalue weighted by Crippen LogP contribution is 2.25. The molecule has 1 saturated heterocycles. The molecule has 2 aliphatic rings. The van der Waals surface area contributed by atoms with Crippen molar-refractivity contribution in [3.05, 3.63) is 0 Å². The van der Waals surface area contributed by atoms with Crippen molar-refractivity contribution in [3.8, 4) is 0 Å². The van der Waals surface area contributed by atoms with Crippen LogP contribution in [0.5, 0.6) is 0 Å². The minimum atomic E-state index is -4.61. The number of β-amino-alcohol motifs (C(OH)–C–C–N with tert-alkyl or cyclic N) is 1. The number of rotatable bonds is 5. The summed E-state index contributed by atoms with van der Waals surface area (Å²) in [5.41, 5.74) is 0. The highest BCUT2D eigenvalue weighted by atomic mass is 19.4. The monoisotopic (exact) mass is 310 g/mol. The molecule has 8 heteroatoms. The number of halogens is 3. The average molecular weight is 310 g/mol. The number of hydrogen-bond acceptors (Lipinski definition) is 4. The number of piperidine rings is 1. The minimum Gasteiger partial charge on any atom is -0.383 e. The normalized spacial score (nSPS) is 24.6. The summed E-state index contributed by atoms with van der Waals surface area (Å²) >= 11 is 0. The van der Waals surface area contributed by atoms with Crippen LogP contribution in [0.1, 0.15) is 25.7 Å². The lowest BCUT2D eigenvalue weighted by atomic mass is 9.90. The van der Waals surface area contributed by atoms with Crippen molar-refractivity contribution in [1.29, 1.82) is 0 Å². The van der Waals surface area contributed by atoms with E-state index >= 15 is 0 Å². The van der Waals surface area contributed by atoms with E-state index in [1.807, 2.05) is 0 Å². The van der Waals surface area contributed by atoms with E-state index < -0.39 is 24.9 Å². The molecule has 3 N–H and O–H groups in total. The summed E-state index contributed by atoms with van der Waals surface area (Å²) in [6, 6.07) is 0.175. The summed E-state index contributed by atoms with van der Waals surface area (Å²) < 4.78 is 36.8. The van der Waals surface area contributed by atoms with Crippen LogP contribution < -0.4 is 5.32 Å². The lowest BCUT2D eigenvalue weighted by Gasteiger charge is -2.34. The SMILES string of the molecule is O=C(NC1CC1)[C@H](O)C1CCN(C[C@H](O)C(F)(F)F)CC1. The second kappa shape index (κ2) is 6.50. The fourth-order valence-corrected chi connectivity index (χ4v) is 2.53. The van der Waals surface area contributed by atoms with Crippen LogP contribution in [0.3, 0.4) is 0 Å². The minimum absolute atomic E-state index is 0.175. The molecule has 5 nitrogen and oxygen atoms in total. The number of likely N-dealkylation sites (tertiary alicyclic amines) is 1. The molecule has 2 rings (SSSR count). The zero-order valence-corrected chi connectivity index (χ0v) is 11.6. The predicted octanol–water partition coefficient (Wildman–Crippen LogP) is 0.261. The fraction of sp³-hybridized carbons (Fsp3) is 0.923. The van der Waals surface area contributed by atoms with E-state index in [0.29, 0.717) is 25.9 Å². The van der Waals surface area contributed by atoms with Crippen LogP contribution in [0.2, 0.25) is 0 Å². The van der Waals surface area contributed by atoms with Crippen LogP contribution >= 0.6 is 0 Å². The summed E-state index contributed by atoms with van der Waals surface area (Å²) in [5.74, 6) is -0.616. The quantitative estimate of drug-likeness (QED) is 0.681. The molecule has 0 unspecified atom stereocenters. The Morgan fingerprint density at radius 1 is 1.19 bits per heavy atom. The summed E-state index contributed by atoms with van der Waals surface area (Å²) in [6.07, 6.45) is -5.29. The Labute approximate surface area is 121 Å². The molecular formula is C13H21F3N2O3. The molecular weight excluding hydrogens is 289 g/mol. The van der Waals surface area contributed by atoms with Crippen LogP contribution in [0.15, 0.2) is 0 Å². The molecule has 21 heavy (non-hydrogen) atoms. The number of nitrogens with zero attached hydrogens (tertiary/aromatic N) is 1. The Balaban J connectivity index is 1.73. The lowest BCUT2D eigenvalue weighted by molar-refractivity contribution is -0.209. The average Bonchev–Trinajstić information content (AvgIpc) is 3.21. The van der Waals surface area contributed by atoms with Gasteiger partial charge in [-0.3, -0.25) is 4.79 Å². The van der Waals surface area contributed by atoms with E-state index in [4.69, 9.17) is 5.11 Å². The molecule has 1 amide bonds. The zero-order chi connectivity index (χ0) is 15.6. The predicted molar refractivity (Wildman–Crippen MR) is 68.4 cm³/mol. The molecule has 0 aromatic rings. The maximum Gasteiger partial charge on any atom is 0.415 e. The Kier molecular flexibility index (Phi) is 5.11.